The van der Waals surface area contributed by atoms with Gasteiger partial charge in [-0.2, -0.15) is 0 Å². The number of thiophene rings is 1. The van der Waals surface area contributed by atoms with Crippen LogP contribution in [0.2, 0.25) is 0 Å². The van der Waals surface area contributed by atoms with Gasteiger partial charge in [0.1, 0.15) is 0 Å². The van der Waals surface area contributed by atoms with Crippen LogP contribution in [0.25, 0.3) is 0 Å². The van der Waals surface area contributed by atoms with E-state index in [0.717, 1.165) is 13.1 Å². The van der Waals surface area contributed by atoms with Gasteiger partial charge in [0, 0.05) is 22.8 Å². The van der Waals surface area contributed by atoms with E-state index in [1.165, 1.54) is 15.3 Å². The fraction of sp³-hybridized carbons (Fsp3) is 0.636. The molecule has 0 atom stereocenters. The third kappa shape index (κ3) is 4.75. The molecule has 1 heterocycles. The van der Waals surface area contributed by atoms with E-state index in [1.807, 2.05) is 11.3 Å². The molecule has 0 radical (unpaired) electrons. The molecule has 1 aromatic rings. The maximum atomic E-state index is 8.49. The van der Waals surface area contributed by atoms with Gasteiger partial charge >= 0.3 is 0 Å². The fourth-order valence-corrected chi connectivity index (χ4v) is 2.28. The van der Waals surface area contributed by atoms with E-state index < -0.39 is 0 Å². The SMILES string of the molecule is Cc1cc(CNCCOCCO)sc1C. The standard InChI is InChI=1S/C11H19NO2S/c1-9-7-11(15-10(9)2)8-12-3-5-14-6-4-13/h7,12-13H,3-6,8H2,1-2H3. The minimum atomic E-state index is 0.101. The number of nitrogens with one attached hydrogen (secondary N) is 1. The molecule has 2 N–H and O–H groups in total. The average Bonchev–Trinajstić information content (AvgIpc) is 2.52. The van der Waals surface area contributed by atoms with E-state index in [0.29, 0.717) is 13.2 Å². The Morgan fingerprint density at radius 2 is 2.20 bits per heavy atom. The molecule has 3 nitrogen and oxygen atoms in total. The highest BCUT2D eigenvalue weighted by atomic mass is 32.1. The van der Waals surface area contributed by atoms with Gasteiger partial charge in [0.25, 0.3) is 0 Å². The molecule has 0 aromatic carbocycles. The Balaban J connectivity index is 2.10. The number of hydrogen-bond acceptors (Lipinski definition) is 4. The van der Waals surface area contributed by atoms with E-state index in [1.54, 1.807) is 0 Å². The summed E-state index contributed by atoms with van der Waals surface area (Å²) < 4.78 is 5.14. The first-order valence-corrected chi connectivity index (χ1v) is 6.01. The summed E-state index contributed by atoms with van der Waals surface area (Å²) in [7, 11) is 0. The van der Waals surface area contributed by atoms with Crippen molar-refractivity contribution in [1.82, 2.24) is 5.32 Å². The maximum Gasteiger partial charge on any atom is 0.0698 e. The van der Waals surface area contributed by atoms with Crippen molar-refractivity contribution in [3.63, 3.8) is 0 Å². The summed E-state index contributed by atoms with van der Waals surface area (Å²) in [5, 5.41) is 11.8. The van der Waals surface area contributed by atoms with Crippen LogP contribution < -0.4 is 5.32 Å². The predicted octanol–water partition coefficient (Wildman–Crippen LogP) is 1.46. The molecule has 0 fully saturated rings. The summed E-state index contributed by atoms with van der Waals surface area (Å²) in [6.07, 6.45) is 0. The van der Waals surface area contributed by atoms with Crippen LogP contribution in [0.1, 0.15) is 15.3 Å². The lowest BCUT2D eigenvalue weighted by Crippen LogP contribution is -2.19. The van der Waals surface area contributed by atoms with Crippen LogP contribution in [0, 0.1) is 13.8 Å². The first kappa shape index (κ1) is 12.6. The lowest BCUT2D eigenvalue weighted by Gasteiger charge is -2.03. The van der Waals surface area contributed by atoms with Crippen LogP contribution in [0.3, 0.4) is 0 Å². The number of aryl methyl sites for hydroxylation is 2. The molecule has 15 heavy (non-hydrogen) atoms. The van der Waals surface area contributed by atoms with Crippen LogP contribution >= 0.6 is 11.3 Å². The smallest absolute Gasteiger partial charge is 0.0698 e. The van der Waals surface area contributed by atoms with Crippen molar-refractivity contribution < 1.29 is 9.84 Å². The Bertz CT molecular complexity index is 267. The fourth-order valence-electron chi connectivity index (χ4n) is 1.26. The Hall–Kier alpha value is -0.420. The lowest BCUT2D eigenvalue weighted by atomic mass is 10.3. The zero-order valence-electron chi connectivity index (χ0n) is 9.38. The highest BCUT2D eigenvalue weighted by Crippen LogP contribution is 2.19. The van der Waals surface area contributed by atoms with Gasteiger partial charge in [-0.05, 0) is 25.5 Å². The first-order valence-electron chi connectivity index (χ1n) is 5.19. The molecule has 0 unspecified atom stereocenters. The molecule has 0 spiro atoms. The molecule has 0 aliphatic heterocycles. The van der Waals surface area contributed by atoms with Gasteiger partial charge in [0.05, 0.1) is 19.8 Å². The van der Waals surface area contributed by atoms with Gasteiger partial charge in [-0.1, -0.05) is 0 Å². The molecule has 0 bridgehead atoms. The second-order valence-electron chi connectivity index (χ2n) is 3.46. The van der Waals surface area contributed by atoms with Crippen molar-refractivity contribution in [3.8, 4) is 0 Å². The Labute approximate surface area is 95.1 Å². The number of ether oxygens (including phenoxy) is 1. The summed E-state index contributed by atoms with van der Waals surface area (Å²) in [6, 6.07) is 2.22. The number of hydrogen-bond donors (Lipinski definition) is 2. The molecule has 0 aliphatic rings. The van der Waals surface area contributed by atoms with Crippen molar-refractivity contribution in [2.75, 3.05) is 26.4 Å². The summed E-state index contributed by atoms with van der Waals surface area (Å²) in [4.78, 5) is 2.76. The average molecular weight is 229 g/mol. The van der Waals surface area contributed by atoms with E-state index in [-0.39, 0.29) is 6.61 Å². The maximum absolute atomic E-state index is 8.49. The summed E-state index contributed by atoms with van der Waals surface area (Å²) in [6.45, 7) is 7.21. The Morgan fingerprint density at radius 1 is 1.40 bits per heavy atom. The minimum Gasteiger partial charge on any atom is -0.394 e. The van der Waals surface area contributed by atoms with E-state index >= 15 is 0 Å². The van der Waals surface area contributed by atoms with Gasteiger partial charge in [-0.25, -0.2) is 0 Å². The number of rotatable bonds is 7. The first-order chi connectivity index (χ1) is 7.24. The predicted molar refractivity (Wildman–Crippen MR) is 63.4 cm³/mol. The van der Waals surface area contributed by atoms with Crippen molar-refractivity contribution in [3.05, 3.63) is 21.4 Å². The molecule has 1 aromatic heterocycles. The van der Waals surface area contributed by atoms with Gasteiger partial charge in [-0.15, -0.1) is 11.3 Å². The van der Waals surface area contributed by atoms with Crippen molar-refractivity contribution >= 4 is 11.3 Å². The highest BCUT2D eigenvalue weighted by Gasteiger charge is 2.00. The third-order valence-electron chi connectivity index (χ3n) is 2.18. The molecule has 0 aliphatic carbocycles. The summed E-state index contributed by atoms with van der Waals surface area (Å²) in [5.41, 5.74) is 1.37. The third-order valence-corrected chi connectivity index (χ3v) is 3.33. The Morgan fingerprint density at radius 3 is 2.80 bits per heavy atom. The van der Waals surface area contributed by atoms with Gasteiger partial charge in [0.15, 0.2) is 0 Å². The largest absolute Gasteiger partial charge is 0.394 e. The van der Waals surface area contributed by atoms with Crippen LogP contribution in [-0.2, 0) is 11.3 Å². The number of aliphatic hydroxyl groups is 1. The Kier molecular flexibility index (Phi) is 5.86. The van der Waals surface area contributed by atoms with Crippen molar-refractivity contribution in [1.29, 1.82) is 0 Å². The summed E-state index contributed by atoms with van der Waals surface area (Å²) >= 11 is 1.84. The molecule has 0 saturated carbocycles. The van der Waals surface area contributed by atoms with E-state index in [2.05, 4.69) is 25.2 Å². The molecular formula is C11H19NO2S. The molecule has 86 valence electrons. The van der Waals surface area contributed by atoms with E-state index in [4.69, 9.17) is 9.84 Å². The summed E-state index contributed by atoms with van der Waals surface area (Å²) in [5.74, 6) is 0. The van der Waals surface area contributed by atoms with Crippen LogP contribution in [0.15, 0.2) is 6.07 Å². The van der Waals surface area contributed by atoms with Crippen LogP contribution in [-0.4, -0.2) is 31.5 Å². The van der Waals surface area contributed by atoms with Gasteiger partial charge in [0.2, 0.25) is 0 Å². The minimum absolute atomic E-state index is 0.101. The van der Waals surface area contributed by atoms with Crippen molar-refractivity contribution in [2.45, 2.75) is 20.4 Å². The van der Waals surface area contributed by atoms with Gasteiger partial charge < -0.3 is 15.2 Å². The molecule has 1 rings (SSSR count). The van der Waals surface area contributed by atoms with E-state index in [9.17, 15) is 0 Å². The second-order valence-corrected chi connectivity index (χ2v) is 4.81. The highest BCUT2D eigenvalue weighted by molar-refractivity contribution is 7.12. The second kappa shape index (κ2) is 6.95. The zero-order valence-corrected chi connectivity index (χ0v) is 10.2. The number of aliphatic hydroxyl groups excluding tert-OH is 1. The zero-order chi connectivity index (χ0) is 11.1. The van der Waals surface area contributed by atoms with Crippen LogP contribution in [0.5, 0.6) is 0 Å². The lowest BCUT2D eigenvalue weighted by molar-refractivity contribution is 0.0938. The monoisotopic (exact) mass is 229 g/mol. The topological polar surface area (TPSA) is 41.5 Å². The quantitative estimate of drug-likeness (QED) is 0.696. The molecule has 0 amide bonds. The molecular weight excluding hydrogens is 210 g/mol. The van der Waals surface area contributed by atoms with Gasteiger partial charge in [-0.3, -0.25) is 0 Å². The molecule has 4 heteroatoms. The molecule has 0 saturated heterocycles. The van der Waals surface area contributed by atoms with Crippen molar-refractivity contribution in [2.24, 2.45) is 0 Å². The normalized spacial score (nSPS) is 10.9. The van der Waals surface area contributed by atoms with Crippen LogP contribution in [0.4, 0.5) is 0 Å².